The van der Waals surface area contributed by atoms with Crippen LogP contribution in [0.25, 0.3) is 10.9 Å². The molecule has 0 atom stereocenters. The molecule has 0 fully saturated rings. The molecule has 2 rings (SSSR count). The van der Waals surface area contributed by atoms with E-state index in [2.05, 4.69) is 33.5 Å². The van der Waals surface area contributed by atoms with Gasteiger partial charge < -0.3 is 0 Å². The fourth-order valence-electron chi connectivity index (χ4n) is 1.85. The van der Waals surface area contributed by atoms with Crippen LogP contribution in [0.1, 0.15) is 5.56 Å². The Kier molecular flexibility index (Phi) is 4.76. The van der Waals surface area contributed by atoms with Crippen molar-refractivity contribution in [1.29, 1.82) is 5.26 Å². The fraction of sp³-hybridized carbons (Fsp3) is 0.214. The first-order valence-electron chi connectivity index (χ1n) is 5.91. The fourth-order valence-corrected chi connectivity index (χ4v) is 2.22. The molecule has 2 aromatic rings. The quantitative estimate of drug-likeness (QED) is 0.403. The standard InChI is InChI=1S/C14H14N4S/c1-19-14(18-10-15)17-9-7-12-5-2-4-11-6-3-8-16-13(11)12/h2-6,8H,7,9H2,1H3,(H,17,18). The highest BCUT2D eigenvalue weighted by atomic mass is 32.2. The summed E-state index contributed by atoms with van der Waals surface area (Å²) in [5.41, 5.74) is 2.21. The molecule has 96 valence electrons. The maximum Gasteiger partial charge on any atom is 0.183 e. The van der Waals surface area contributed by atoms with E-state index in [-0.39, 0.29) is 0 Å². The number of benzene rings is 1. The molecular formula is C14H14N4S. The van der Waals surface area contributed by atoms with Crippen LogP contribution in [-0.4, -0.2) is 23.0 Å². The van der Waals surface area contributed by atoms with E-state index in [1.54, 1.807) is 6.20 Å². The highest BCUT2D eigenvalue weighted by Crippen LogP contribution is 2.16. The van der Waals surface area contributed by atoms with Crippen molar-refractivity contribution in [3.05, 3.63) is 42.1 Å². The molecule has 19 heavy (non-hydrogen) atoms. The van der Waals surface area contributed by atoms with Gasteiger partial charge in [-0.1, -0.05) is 36.0 Å². The summed E-state index contributed by atoms with van der Waals surface area (Å²) in [5.74, 6) is 0. The lowest BCUT2D eigenvalue weighted by Crippen LogP contribution is -2.14. The number of hydrogen-bond acceptors (Lipinski definition) is 4. The molecule has 0 aliphatic heterocycles. The number of nitrogens with one attached hydrogen (secondary N) is 1. The molecule has 0 aliphatic rings. The third-order valence-corrected chi connectivity index (χ3v) is 3.33. The van der Waals surface area contributed by atoms with Crippen LogP contribution < -0.4 is 5.32 Å². The third-order valence-electron chi connectivity index (χ3n) is 2.71. The molecule has 1 aromatic carbocycles. The van der Waals surface area contributed by atoms with Crippen LogP contribution in [0.4, 0.5) is 0 Å². The zero-order valence-corrected chi connectivity index (χ0v) is 11.4. The molecule has 0 saturated heterocycles. The Morgan fingerprint density at radius 1 is 1.42 bits per heavy atom. The Bertz CT molecular complexity index is 625. The van der Waals surface area contributed by atoms with Crippen LogP contribution >= 0.6 is 11.8 Å². The van der Waals surface area contributed by atoms with Gasteiger partial charge in [-0.25, -0.2) is 0 Å². The molecule has 4 nitrogen and oxygen atoms in total. The van der Waals surface area contributed by atoms with Crippen molar-refractivity contribution in [3.8, 4) is 6.19 Å². The maximum atomic E-state index is 8.56. The van der Waals surface area contributed by atoms with Gasteiger partial charge in [0.2, 0.25) is 0 Å². The Morgan fingerprint density at radius 2 is 2.26 bits per heavy atom. The number of fused-ring (bicyclic) bond motifs is 1. The van der Waals surface area contributed by atoms with Crippen LogP contribution in [0.3, 0.4) is 0 Å². The minimum atomic E-state index is 0.639. The summed E-state index contributed by atoms with van der Waals surface area (Å²) < 4.78 is 0. The van der Waals surface area contributed by atoms with Crippen molar-refractivity contribution >= 4 is 27.8 Å². The highest BCUT2D eigenvalue weighted by Gasteiger charge is 2.01. The normalized spacial score (nSPS) is 11.3. The van der Waals surface area contributed by atoms with Gasteiger partial charge in [0.15, 0.2) is 11.4 Å². The number of aliphatic imine (C=N–C) groups is 1. The van der Waals surface area contributed by atoms with Crippen molar-refractivity contribution in [2.75, 3.05) is 12.8 Å². The number of amidine groups is 1. The molecule has 0 radical (unpaired) electrons. The van der Waals surface area contributed by atoms with Crippen LogP contribution in [0.2, 0.25) is 0 Å². The van der Waals surface area contributed by atoms with E-state index in [9.17, 15) is 0 Å². The van der Waals surface area contributed by atoms with Gasteiger partial charge in [0.1, 0.15) is 0 Å². The van der Waals surface area contributed by atoms with E-state index < -0.39 is 0 Å². The molecule has 0 amide bonds. The minimum Gasteiger partial charge on any atom is -0.272 e. The molecular weight excluding hydrogens is 256 g/mol. The topological polar surface area (TPSA) is 61.1 Å². The predicted octanol–water partition coefficient (Wildman–Crippen LogP) is 2.57. The van der Waals surface area contributed by atoms with E-state index in [1.165, 1.54) is 17.3 Å². The van der Waals surface area contributed by atoms with Gasteiger partial charge in [0.05, 0.1) is 5.52 Å². The van der Waals surface area contributed by atoms with Gasteiger partial charge in [-0.05, 0) is 24.3 Å². The molecule has 5 heteroatoms. The van der Waals surface area contributed by atoms with E-state index in [4.69, 9.17) is 5.26 Å². The average Bonchev–Trinajstić information content (AvgIpc) is 2.46. The Balaban J connectivity index is 2.12. The molecule has 0 unspecified atom stereocenters. The first-order valence-corrected chi connectivity index (χ1v) is 7.14. The van der Waals surface area contributed by atoms with Crippen LogP contribution in [-0.2, 0) is 6.42 Å². The van der Waals surface area contributed by atoms with Crippen molar-refractivity contribution in [1.82, 2.24) is 10.3 Å². The smallest absolute Gasteiger partial charge is 0.183 e. The van der Waals surface area contributed by atoms with E-state index in [0.717, 1.165) is 17.3 Å². The number of rotatable bonds is 3. The summed E-state index contributed by atoms with van der Waals surface area (Å²) in [6, 6.07) is 10.2. The second-order valence-electron chi connectivity index (χ2n) is 3.87. The molecule has 0 aliphatic carbocycles. The van der Waals surface area contributed by atoms with Crippen molar-refractivity contribution in [2.45, 2.75) is 6.42 Å². The molecule has 0 spiro atoms. The van der Waals surface area contributed by atoms with Gasteiger partial charge in [-0.15, -0.1) is 0 Å². The second kappa shape index (κ2) is 6.76. The van der Waals surface area contributed by atoms with E-state index in [1.807, 2.05) is 24.6 Å². The zero-order valence-electron chi connectivity index (χ0n) is 10.6. The van der Waals surface area contributed by atoms with E-state index >= 15 is 0 Å². The lowest BCUT2D eigenvalue weighted by molar-refractivity contribution is 0.968. The number of hydrogen-bond donors (Lipinski definition) is 1. The second-order valence-corrected chi connectivity index (χ2v) is 4.67. The number of aromatic nitrogens is 1. The molecule has 1 heterocycles. The van der Waals surface area contributed by atoms with Crippen LogP contribution in [0, 0.1) is 11.5 Å². The lowest BCUT2D eigenvalue weighted by Gasteiger charge is -2.04. The monoisotopic (exact) mass is 270 g/mol. The van der Waals surface area contributed by atoms with Gasteiger partial charge in [0, 0.05) is 18.1 Å². The summed E-state index contributed by atoms with van der Waals surface area (Å²) in [4.78, 5) is 8.77. The number of nitrogens with zero attached hydrogens (tertiary/aromatic N) is 3. The number of thioether (sulfide) groups is 1. The SMILES string of the molecule is CSC(=NCCc1cccc2cccnc12)NC#N. The van der Waals surface area contributed by atoms with E-state index in [0.29, 0.717) is 11.7 Å². The van der Waals surface area contributed by atoms with Gasteiger partial charge in [-0.3, -0.25) is 15.3 Å². The third kappa shape index (κ3) is 3.46. The first kappa shape index (κ1) is 13.4. The highest BCUT2D eigenvalue weighted by molar-refractivity contribution is 8.13. The lowest BCUT2D eigenvalue weighted by atomic mass is 10.1. The molecule has 0 saturated carbocycles. The zero-order chi connectivity index (χ0) is 13.5. The minimum absolute atomic E-state index is 0.639. The summed E-state index contributed by atoms with van der Waals surface area (Å²) in [6.45, 7) is 0.639. The number of nitriles is 1. The van der Waals surface area contributed by atoms with Crippen LogP contribution in [0.5, 0.6) is 0 Å². The number of pyridine rings is 1. The molecule has 1 aromatic heterocycles. The van der Waals surface area contributed by atoms with Crippen LogP contribution in [0.15, 0.2) is 41.5 Å². The van der Waals surface area contributed by atoms with Gasteiger partial charge in [0.25, 0.3) is 0 Å². The molecule has 1 N–H and O–H groups in total. The number of para-hydroxylation sites is 1. The summed E-state index contributed by atoms with van der Waals surface area (Å²) in [6.07, 6.45) is 6.39. The maximum absolute atomic E-state index is 8.56. The largest absolute Gasteiger partial charge is 0.272 e. The predicted molar refractivity (Wildman–Crippen MR) is 80.0 cm³/mol. The Morgan fingerprint density at radius 3 is 3.05 bits per heavy atom. The van der Waals surface area contributed by atoms with Gasteiger partial charge in [-0.2, -0.15) is 5.26 Å². The summed E-state index contributed by atoms with van der Waals surface area (Å²) >= 11 is 1.43. The van der Waals surface area contributed by atoms with Crippen molar-refractivity contribution in [2.24, 2.45) is 4.99 Å². The summed E-state index contributed by atoms with van der Waals surface area (Å²) in [5, 5.41) is 12.9. The van der Waals surface area contributed by atoms with Crippen molar-refractivity contribution < 1.29 is 0 Å². The Hall–Kier alpha value is -2.06. The van der Waals surface area contributed by atoms with Gasteiger partial charge >= 0.3 is 0 Å². The first-order chi connectivity index (χ1) is 9.35. The Labute approximate surface area is 116 Å². The van der Waals surface area contributed by atoms with Crippen molar-refractivity contribution in [3.63, 3.8) is 0 Å². The average molecular weight is 270 g/mol. The summed E-state index contributed by atoms with van der Waals surface area (Å²) in [7, 11) is 0. The molecule has 0 bridgehead atoms.